The Morgan fingerprint density at radius 3 is 2.46 bits per heavy atom. The molecule has 1 aromatic carbocycles. The summed E-state index contributed by atoms with van der Waals surface area (Å²) < 4.78 is 0.887. The smallest absolute Gasteiger partial charge is 0.325 e. The number of imide groups is 1. The van der Waals surface area contributed by atoms with Gasteiger partial charge in [-0.3, -0.25) is 19.3 Å². The number of carbonyl (C=O) groups excluding carboxylic acids is 4. The zero-order valence-electron chi connectivity index (χ0n) is 15.6. The van der Waals surface area contributed by atoms with Gasteiger partial charge in [-0.2, -0.15) is 0 Å². The summed E-state index contributed by atoms with van der Waals surface area (Å²) in [5, 5.41) is 7.87. The molecule has 1 spiro atoms. The monoisotopic (exact) mass is 450 g/mol. The van der Waals surface area contributed by atoms with Crippen molar-refractivity contribution in [3.63, 3.8) is 0 Å². The van der Waals surface area contributed by atoms with Crippen LogP contribution in [-0.2, 0) is 14.4 Å². The van der Waals surface area contributed by atoms with E-state index in [0.717, 1.165) is 22.2 Å². The summed E-state index contributed by atoms with van der Waals surface area (Å²) in [4.78, 5) is 50.0. The Labute approximate surface area is 171 Å². The fourth-order valence-electron chi connectivity index (χ4n) is 3.53. The molecule has 1 saturated carbocycles. The predicted octanol–water partition coefficient (Wildman–Crippen LogP) is 2.00. The summed E-state index contributed by atoms with van der Waals surface area (Å²) in [5.41, 5.74) is -0.270. The van der Waals surface area contributed by atoms with Crippen molar-refractivity contribution in [1.29, 1.82) is 0 Å². The molecule has 8 nitrogen and oxygen atoms in total. The number of hydrogen-bond acceptors (Lipinski definition) is 4. The van der Waals surface area contributed by atoms with Crippen molar-refractivity contribution in [2.24, 2.45) is 5.92 Å². The molecule has 2 aliphatic rings. The molecule has 3 N–H and O–H groups in total. The highest BCUT2D eigenvalue weighted by Crippen LogP contribution is 2.36. The number of nitrogens with zero attached hydrogens (tertiary/aromatic N) is 1. The van der Waals surface area contributed by atoms with Gasteiger partial charge in [0, 0.05) is 10.2 Å². The summed E-state index contributed by atoms with van der Waals surface area (Å²) >= 11 is 3.31. The van der Waals surface area contributed by atoms with E-state index < -0.39 is 29.9 Å². The topological polar surface area (TPSA) is 108 Å². The first-order valence-electron chi connectivity index (χ1n) is 9.25. The summed E-state index contributed by atoms with van der Waals surface area (Å²) in [5.74, 6) is -0.780. The van der Waals surface area contributed by atoms with E-state index in [1.807, 2.05) is 0 Å². The minimum absolute atomic E-state index is 0.249. The van der Waals surface area contributed by atoms with Gasteiger partial charge in [0.1, 0.15) is 12.1 Å². The molecule has 2 fully saturated rings. The molecule has 28 heavy (non-hydrogen) atoms. The van der Waals surface area contributed by atoms with Crippen molar-refractivity contribution in [3.05, 3.63) is 28.7 Å². The van der Waals surface area contributed by atoms with Crippen LogP contribution < -0.4 is 16.0 Å². The molecule has 0 radical (unpaired) electrons. The first-order valence-corrected chi connectivity index (χ1v) is 10.0. The molecule has 1 aromatic rings. The molecule has 9 heteroatoms. The third-order valence-electron chi connectivity index (χ3n) is 5.25. The first-order chi connectivity index (χ1) is 13.3. The van der Waals surface area contributed by atoms with Crippen LogP contribution in [0.1, 0.15) is 32.6 Å². The first kappa shape index (κ1) is 20.3. The van der Waals surface area contributed by atoms with Gasteiger partial charge in [-0.1, -0.05) is 22.9 Å². The Morgan fingerprint density at radius 2 is 1.82 bits per heavy atom. The lowest BCUT2D eigenvalue weighted by molar-refractivity contribution is -0.136. The second-order valence-corrected chi connectivity index (χ2v) is 8.33. The van der Waals surface area contributed by atoms with Crippen LogP contribution in [0.25, 0.3) is 0 Å². The molecule has 0 aromatic heterocycles. The molecule has 0 unspecified atom stereocenters. The Hall–Kier alpha value is -2.42. The molecular weight excluding hydrogens is 428 g/mol. The standard InChI is InChI=1S/C19H23BrN4O4/c1-12-6-8-19(9-7-12)17(27)24(18(28)23-19)11-16(26)21-10-15(25)22-14-4-2-13(20)3-5-14/h2-5,12H,6-11H2,1H3,(H,21,26)(H,22,25)(H,23,28). The van der Waals surface area contributed by atoms with E-state index in [4.69, 9.17) is 0 Å². The molecule has 1 aliphatic carbocycles. The van der Waals surface area contributed by atoms with Crippen LogP contribution in [-0.4, -0.2) is 47.3 Å². The highest BCUT2D eigenvalue weighted by molar-refractivity contribution is 9.10. The van der Waals surface area contributed by atoms with Gasteiger partial charge in [0.05, 0.1) is 6.54 Å². The second kappa shape index (κ2) is 8.30. The van der Waals surface area contributed by atoms with Crippen LogP contribution in [0.15, 0.2) is 28.7 Å². The minimum atomic E-state index is -0.872. The highest BCUT2D eigenvalue weighted by atomic mass is 79.9. The van der Waals surface area contributed by atoms with Crippen LogP contribution in [0, 0.1) is 5.92 Å². The van der Waals surface area contributed by atoms with E-state index in [1.54, 1.807) is 24.3 Å². The summed E-state index contributed by atoms with van der Waals surface area (Å²) in [6.45, 7) is 1.48. The number of nitrogens with one attached hydrogen (secondary N) is 3. The van der Waals surface area contributed by atoms with E-state index in [2.05, 4.69) is 38.8 Å². The molecule has 1 heterocycles. The largest absolute Gasteiger partial charge is 0.345 e. The quantitative estimate of drug-likeness (QED) is 0.596. The van der Waals surface area contributed by atoms with Crippen LogP contribution in [0.2, 0.25) is 0 Å². The zero-order chi connectivity index (χ0) is 20.3. The fourth-order valence-corrected chi connectivity index (χ4v) is 3.79. The van der Waals surface area contributed by atoms with Gasteiger partial charge in [-0.25, -0.2) is 4.79 Å². The Morgan fingerprint density at radius 1 is 1.18 bits per heavy atom. The van der Waals surface area contributed by atoms with Crippen LogP contribution >= 0.6 is 15.9 Å². The third-order valence-corrected chi connectivity index (χ3v) is 5.78. The maximum absolute atomic E-state index is 12.7. The number of benzene rings is 1. The van der Waals surface area contributed by atoms with Crippen molar-refractivity contribution < 1.29 is 19.2 Å². The highest BCUT2D eigenvalue weighted by Gasteiger charge is 2.52. The molecule has 150 valence electrons. The average Bonchev–Trinajstić information content (AvgIpc) is 2.89. The zero-order valence-corrected chi connectivity index (χ0v) is 17.2. The maximum Gasteiger partial charge on any atom is 0.325 e. The van der Waals surface area contributed by atoms with Gasteiger partial charge in [-0.05, 0) is 55.9 Å². The molecule has 0 atom stereocenters. The molecule has 1 aliphatic heterocycles. The van der Waals surface area contributed by atoms with Crippen molar-refractivity contribution >= 4 is 45.4 Å². The van der Waals surface area contributed by atoms with Gasteiger partial charge in [0.15, 0.2) is 0 Å². The van der Waals surface area contributed by atoms with E-state index in [-0.39, 0.29) is 12.5 Å². The Balaban J connectivity index is 1.49. The summed E-state index contributed by atoms with van der Waals surface area (Å²) in [6.07, 6.45) is 2.91. The normalized spacial score (nSPS) is 24.2. The maximum atomic E-state index is 12.7. The number of urea groups is 1. The molecule has 5 amide bonds. The second-order valence-electron chi connectivity index (χ2n) is 7.42. The van der Waals surface area contributed by atoms with E-state index in [1.165, 1.54) is 0 Å². The number of rotatable bonds is 5. The molecule has 3 rings (SSSR count). The van der Waals surface area contributed by atoms with Gasteiger partial charge < -0.3 is 16.0 Å². The van der Waals surface area contributed by atoms with Crippen molar-refractivity contribution in [2.45, 2.75) is 38.1 Å². The van der Waals surface area contributed by atoms with Crippen LogP contribution in [0.4, 0.5) is 10.5 Å². The SMILES string of the molecule is CC1CCC2(CC1)NC(=O)N(CC(=O)NCC(=O)Nc1ccc(Br)cc1)C2=O. The Bertz CT molecular complexity index is 788. The third kappa shape index (κ3) is 4.52. The van der Waals surface area contributed by atoms with Crippen molar-refractivity contribution in [3.8, 4) is 0 Å². The predicted molar refractivity (Wildman–Crippen MR) is 106 cm³/mol. The number of anilines is 1. The van der Waals surface area contributed by atoms with E-state index >= 15 is 0 Å². The number of amides is 5. The van der Waals surface area contributed by atoms with Crippen molar-refractivity contribution in [1.82, 2.24) is 15.5 Å². The lowest BCUT2D eigenvalue weighted by Crippen LogP contribution is -2.50. The van der Waals surface area contributed by atoms with Gasteiger partial charge in [0.25, 0.3) is 5.91 Å². The average molecular weight is 451 g/mol. The minimum Gasteiger partial charge on any atom is -0.345 e. The van der Waals surface area contributed by atoms with Crippen molar-refractivity contribution in [2.75, 3.05) is 18.4 Å². The van der Waals surface area contributed by atoms with Gasteiger partial charge in [0.2, 0.25) is 11.8 Å². The summed E-state index contributed by atoms with van der Waals surface area (Å²) in [6, 6.07) is 6.47. The van der Waals surface area contributed by atoms with E-state index in [9.17, 15) is 19.2 Å². The molecular formula is C19H23BrN4O4. The number of halogens is 1. The lowest BCUT2D eigenvalue weighted by Gasteiger charge is -2.33. The molecule has 0 bridgehead atoms. The Kier molecular flexibility index (Phi) is 6.02. The van der Waals surface area contributed by atoms with Gasteiger partial charge >= 0.3 is 6.03 Å². The van der Waals surface area contributed by atoms with Crippen LogP contribution in [0.3, 0.4) is 0 Å². The summed E-state index contributed by atoms with van der Waals surface area (Å²) in [7, 11) is 0. The fraction of sp³-hybridized carbons (Fsp3) is 0.474. The molecule has 1 saturated heterocycles. The van der Waals surface area contributed by atoms with Crippen LogP contribution in [0.5, 0.6) is 0 Å². The lowest BCUT2D eigenvalue weighted by atomic mass is 9.77. The number of hydrogen-bond donors (Lipinski definition) is 3. The van der Waals surface area contributed by atoms with Gasteiger partial charge in [-0.15, -0.1) is 0 Å². The number of carbonyl (C=O) groups is 4. The van der Waals surface area contributed by atoms with E-state index in [0.29, 0.717) is 24.4 Å².